The summed E-state index contributed by atoms with van der Waals surface area (Å²) in [6, 6.07) is 0. The molecule has 0 N–H and O–H groups in total. The van der Waals surface area contributed by atoms with Crippen LogP contribution in [0.3, 0.4) is 0 Å². The van der Waals surface area contributed by atoms with Gasteiger partial charge in [0.25, 0.3) is 0 Å². The smallest absolute Gasteiger partial charge is 0.00110 e. The van der Waals surface area contributed by atoms with Crippen LogP contribution >= 0.6 is 0 Å². The van der Waals surface area contributed by atoms with Crippen LogP contribution in [0.25, 0.3) is 0 Å². The molecule has 0 nitrogen and oxygen atoms in total. The summed E-state index contributed by atoms with van der Waals surface area (Å²) in [5.74, 6) is 0. The minimum absolute atomic E-state index is 0.182. The van der Waals surface area contributed by atoms with Crippen LogP contribution in [0.2, 0.25) is 0 Å². The lowest BCUT2D eigenvalue weighted by Gasteiger charge is -2.29. The summed E-state index contributed by atoms with van der Waals surface area (Å²) in [5, 5.41) is 0. The van der Waals surface area contributed by atoms with Gasteiger partial charge in [0.15, 0.2) is 0 Å². The van der Waals surface area contributed by atoms with Crippen molar-refractivity contribution in [3.8, 4) is 0 Å². The minimum Gasteiger partial charge on any atom is -0.0831 e. The molecule has 0 atom stereocenters. The van der Waals surface area contributed by atoms with Gasteiger partial charge in [0, 0.05) is 5.41 Å². The van der Waals surface area contributed by atoms with Crippen LogP contribution in [-0.2, 0) is 0 Å². The molecule has 0 aliphatic heterocycles. The highest BCUT2D eigenvalue weighted by atomic mass is 14.3. The third-order valence-corrected chi connectivity index (χ3v) is 3.34. The minimum atomic E-state index is 0.182. The lowest BCUT2D eigenvalue weighted by atomic mass is 9.75. The Morgan fingerprint density at radius 1 is 0.933 bits per heavy atom. The Morgan fingerprint density at radius 2 is 1.60 bits per heavy atom. The molecule has 0 aromatic heterocycles. The molecule has 15 heavy (non-hydrogen) atoms. The van der Waals surface area contributed by atoms with Gasteiger partial charge in [0.2, 0.25) is 0 Å². The quantitative estimate of drug-likeness (QED) is 0.543. The maximum absolute atomic E-state index is 2.32. The zero-order valence-corrected chi connectivity index (χ0v) is 10.2. The summed E-state index contributed by atoms with van der Waals surface area (Å²) in [7, 11) is 0. The van der Waals surface area contributed by atoms with E-state index in [9.17, 15) is 0 Å². The maximum Gasteiger partial charge on any atom is 0.00110 e. The van der Waals surface area contributed by atoms with Crippen molar-refractivity contribution < 1.29 is 0 Å². The zero-order chi connectivity index (χ0) is 11.1. The number of hydrogen-bond donors (Lipinski definition) is 0. The predicted octanol–water partition coefficient (Wildman–Crippen LogP) is 4.42. The second-order valence-electron chi connectivity index (χ2n) is 5.85. The fourth-order valence-electron chi connectivity index (χ4n) is 2.20. The van der Waals surface area contributed by atoms with Gasteiger partial charge < -0.3 is 0 Å². The Bertz CT molecular complexity index is 384. The van der Waals surface area contributed by atoms with Gasteiger partial charge in [-0.3, -0.25) is 0 Å². The summed E-state index contributed by atoms with van der Waals surface area (Å²) in [6.07, 6.45) is 14.9. The van der Waals surface area contributed by atoms with Crippen LogP contribution in [0.15, 0.2) is 47.6 Å². The summed E-state index contributed by atoms with van der Waals surface area (Å²) in [6.45, 7) is 9.13. The van der Waals surface area contributed by atoms with Crippen molar-refractivity contribution in [1.29, 1.82) is 0 Å². The second kappa shape index (κ2) is 3.23. The molecule has 2 aliphatic carbocycles. The highest BCUT2D eigenvalue weighted by Crippen LogP contribution is 2.40. The molecule has 2 rings (SSSR count). The Kier molecular flexibility index (Phi) is 2.26. The highest BCUT2D eigenvalue weighted by molar-refractivity contribution is 5.49. The molecule has 0 aromatic rings. The average molecular weight is 200 g/mol. The summed E-state index contributed by atoms with van der Waals surface area (Å²) in [4.78, 5) is 0. The molecule has 0 fully saturated rings. The number of rotatable bonds is 0. The lowest BCUT2D eigenvalue weighted by molar-refractivity contribution is 0.457. The van der Waals surface area contributed by atoms with Crippen LogP contribution in [-0.4, -0.2) is 0 Å². The first-order chi connectivity index (χ1) is 6.91. The normalized spacial score (nSPS) is 26.4. The average Bonchev–Trinajstić information content (AvgIpc) is 2.26. The molecule has 0 saturated heterocycles. The van der Waals surface area contributed by atoms with Crippen molar-refractivity contribution in [3.63, 3.8) is 0 Å². The van der Waals surface area contributed by atoms with E-state index in [2.05, 4.69) is 64.2 Å². The van der Waals surface area contributed by atoms with Crippen molar-refractivity contribution in [2.24, 2.45) is 10.8 Å². The molecule has 0 radical (unpaired) electrons. The third kappa shape index (κ3) is 1.99. The Labute approximate surface area is 93.1 Å². The Balaban J connectivity index is 2.49. The van der Waals surface area contributed by atoms with Gasteiger partial charge in [-0.15, -0.1) is 0 Å². The monoisotopic (exact) mass is 200 g/mol. The topological polar surface area (TPSA) is 0 Å². The molecule has 0 bridgehead atoms. The van der Waals surface area contributed by atoms with Gasteiger partial charge in [-0.25, -0.2) is 0 Å². The summed E-state index contributed by atoms with van der Waals surface area (Å²) in [5.41, 5.74) is 3.33. The largest absolute Gasteiger partial charge is 0.0831 e. The SMILES string of the molecule is CC1(C)C=CC2=C(C=C1)C(C)(C)CC=C2. The summed E-state index contributed by atoms with van der Waals surface area (Å²) < 4.78 is 0. The standard InChI is InChI=1S/C15H20/c1-14(2)10-7-12-6-5-9-15(3,4)13(12)8-11-14/h5-8,10-11H,9H2,1-4H3. The van der Waals surface area contributed by atoms with Gasteiger partial charge in [-0.05, 0) is 23.0 Å². The predicted molar refractivity (Wildman–Crippen MR) is 66.6 cm³/mol. The lowest BCUT2D eigenvalue weighted by Crippen LogP contribution is -2.16. The molecule has 0 saturated carbocycles. The first-order valence-electron chi connectivity index (χ1n) is 5.71. The van der Waals surface area contributed by atoms with Crippen molar-refractivity contribution in [1.82, 2.24) is 0 Å². The van der Waals surface area contributed by atoms with Gasteiger partial charge in [0.1, 0.15) is 0 Å². The Hall–Kier alpha value is -1.04. The molecule has 0 aromatic carbocycles. The fourth-order valence-corrected chi connectivity index (χ4v) is 2.20. The van der Waals surface area contributed by atoms with E-state index >= 15 is 0 Å². The van der Waals surface area contributed by atoms with Crippen LogP contribution in [0.5, 0.6) is 0 Å². The molecule has 0 amide bonds. The van der Waals surface area contributed by atoms with Crippen molar-refractivity contribution in [3.05, 3.63) is 47.6 Å². The Morgan fingerprint density at radius 3 is 2.33 bits per heavy atom. The highest BCUT2D eigenvalue weighted by Gasteiger charge is 2.26. The molecule has 80 valence electrons. The van der Waals surface area contributed by atoms with E-state index in [4.69, 9.17) is 0 Å². The molecular formula is C15H20. The van der Waals surface area contributed by atoms with E-state index in [0.717, 1.165) is 6.42 Å². The fraction of sp³-hybridized carbons (Fsp3) is 0.467. The van der Waals surface area contributed by atoms with Crippen LogP contribution in [0, 0.1) is 10.8 Å². The van der Waals surface area contributed by atoms with Gasteiger partial charge in [-0.1, -0.05) is 64.2 Å². The van der Waals surface area contributed by atoms with Crippen LogP contribution < -0.4 is 0 Å². The van der Waals surface area contributed by atoms with Crippen LogP contribution in [0.4, 0.5) is 0 Å². The van der Waals surface area contributed by atoms with E-state index in [1.54, 1.807) is 0 Å². The molecule has 2 aliphatic rings. The zero-order valence-electron chi connectivity index (χ0n) is 10.2. The first-order valence-corrected chi connectivity index (χ1v) is 5.71. The van der Waals surface area contributed by atoms with Crippen molar-refractivity contribution >= 4 is 0 Å². The van der Waals surface area contributed by atoms with E-state index in [1.165, 1.54) is 11.1 Å². The van der Waals surface area contributed by atoms with Gasteiger partial charge >= 0.3 is 0 Å². The second-order valence-corrected chi connectivity index (χ2v) is 5.85. The van der Waals surface area contributed by atoms with Gasteiger partial charge in [-0.2, -0.15) is 0 Å². The van der Waals surface area contributed by atoms with E-state index in [1.807, 2.05) is 0 Å². The number of allylic oxidation sites excluding steroid dienone is 8. The van der Waals surface area contributed by atoms with Crippen LogP contribution in [0.1, 0.15) is 34.1 Å². The van der Waals surface area contributed by atoms with Crippen molar-refractivity contribution in [2.45, 2.75) is 34.1 Å². The molecule has 0 heterocycles. The van der Waals surface area contributed by atoms with E-state index < -0.39 is 0 Å². The molecule has 0 heteroatoms. The van der Waals surface area contributed by atoms with E-state index in [-0.39, 0.29) is 10.8 Å². The van der Waals surface area contributed by atoms with Gasteiger partial charge in [0.05, 0.1) is 0 Å². The third-order valence-electron chi connectivity index (χ3n) is 3.34. The molecule has 0 unspecified atom stereocenters. The molecular weight excluding hydrogens is 180 g/mol. The van der Waals surface area contributed by atoms with E-state index in [0.29, 0.717) is 0 Å². The summed E-state index contributed by atoms with van der Waals surface area (Å²) >= 11 is 0. The number of hydrogen-bond acceptors (Lipinski definition) is 0. The maximum atomic E-state index is 2.32. The first kappa shape index (κ1) is 10.5. The molecule has 0 spiro atoms. The van der Waals surface area contributed by atoms with Crippen molar-refractivity contribution in [2.75, 3.05) is 0 Å².